The number of ether oxygens (including phenoxy) is 1. The zero-order valence-corrected chi connectivity index (χ0v) is 12.2. The minimum atomic E-state index is -0.393. The molecule has 0 aliphatic heterocycles. The maximum atomic E-state index is 12.2. The maximum Gasteiger partial charge on any atom is 0.166 e. The molecular formula is C16H24O2. The molecule has 0 N–H and O–H groups in total. The van der Waals surface area contributed by atoms with Gasteiger partial charge in [-0.1, -0.05) is 24.6 Å². The van der Waals surface area contributed by atoms with Gasteiger partial charge in [0.15, 0.2) is 5.78 Å². The molecule has 0 aliphatic rings. The molecule has 1 atom stereocenters. The van der Waals surface area contributed by atoms with Crippen LogP contribution in [0.3, 0.4) is 0 Å². The molecule has 1 aromatic carbocycles. The van der Waals surface area contributed by atoms with Crippen LogP contribution < -0.4 is 0 Å². The number of aryl methyl sites for hydroxylation is 3. The maximum absolute atomic E-state index is 12.2. The van der Waals surface area contributed by atoms with Crippen molar-refractivity contribution in [1.82, 2.24) is 0 Å². The molecule has 1 unspecified atom stereocenters. The number of hydrogen-bond donors (Lipinski definition) is 0. The van der Waals surface area contributed by atoms with Crippen LogP contribution in [0.2, 0.25) is 0 Å². The number of benzene rings is 1. The van der Waals surface area contributed by atoms with E-state index < -0.39 is 6.10 Å². The lowest BCUT2D eigenvalue weighted by Crippen LogP contribution is -2.18. The molecule has 0 amide bonds. The molecule has 0 fully saturated rings. The smallest absolute Gasteiger partial charge is 0.166 e. The van der Waals surface area contributed by atoms with E-state index in [1.165, 1.54) is 5.56 Å². The third-order valence-corrected chi connectivity index (χ3v) is 3.12. The number of carbonyl (C=O) groups is 1. The van der Waals surface area contributed by atoms with E-state index in [1.807, 2.05) is 13.8 Å². The van der Waals surface area contributed by atoms with Gasteiger partial charge in [0.2, 0.25) is 0 Å². The topological polar surface area (TPSA) is 26.3 Å². The predicted octanol–water partition coefficient (Wildman–Crippen LogP) is 4.06. The van der Waals surface area contributed by atoms with Gasteiger partial charge in [-0.3, -0.25) is 4.79 Å². The molecule has 0 aromatic heterocycles. The van der Waals surface area contributed by atoms with E-state index in [0.717, 1.165) is 23.1 Å². The molecule has 0 saturated heterocycles. The predicted molar refractivity (Wildman–Crippen MR) is 74.9 cm³/mol. The van der Waals surface area contributed by atoms with Gasteiger partial charge in [0, 0.05) is 13.0 Å². The van der Waals surface area contributed by atoms with Crippen LogP contribution in [0.1, 0.15) is 55.0 Å². The highest BCUT2D eigenvalue weighted by molar-refractivity contribution is 5.85. The van der Waals surface area contributed by atoms with Crippen molar-refractivity contribution < 1.29 is 9.53 Å². The van der Waals surface area contributed by atoms with Gasteiger partial charge in [-0.2, -0.15) is 0 Å². The molecule has 2 heteroatoms. The minimum absolute atomic E-state index is 0.189. The van der Waals surface area contributed by atoms with Gasteiger partial charge in [-0.05, 0) is 50.8 Å². The number of hydrogen-bond acceptors (Lipinski definition) is 2. The molecule has 0 spiro atoms. The van der Waals surface area contributed by atoms with Crippen molar-refractivity contribution in [2.75, 3.05) is 6.61 Å². The summed E-state index contributed by atoms with van der Waals surface area (Å²) < 4.78 is 5.69. The first-order valence-electron chi connectivity index (χ1n) is 6.73. The second-order valence-electron chi connectivity index (χ2n) is 4.86. The van der Waals surface area contributed by atoms with E-state index in [2.05, 4.69) is 32.9 Å². The second-order valence-corrected chi connectivity index (χ2v) is 4.86. The summed E-state index contributed by atoms with van der Waals surface area (Å²) >= 11 is 0. The summed E-state index contributed by atoms with van der Waals surface area (Å²) in [6, 6.07) is 4.24. The fourth-order valence-corrected chi connectivity index (χ4v) is 2.49. The van der Waals surface area contributed by atoms with Crippen LogP contribution in [-0.2, 0) is 9.53 Å². The third kappa shape index (κ3) is 3.42. The Morgan fingerprint density at radius 2 is 1.72 bits per heavy atom. The number of carbonyl (C=O) groups excluding carboxylic acids is 1. The fraction of sp³-hybridized carbons (Fsp3) is 0.562. The average molecular weight is 248 g/mol. The Bertz CT molecular complexity index is 398. The standard InChI is InChI=1S/C16H24O2/c1-6-8-14(17)16(18-7-2)15-12(4)9-11(3)10-13(15)5/h9-10,16H,6-8H2,1-5H3. The zero-order valence-electron chi connectivity index (χ0n) is 12.2. The van der Waals surface area contributed by atoms with Crippen LogP contribution in [-0.4, -0.2) is 12.4 Å². The lowest BCUT2D eigenvalue weighted by Gasteiger charge is -2.21. The van der Waals surface area contributed by atoms with Crippen LogP contribution in [0, 0.1) is 20.8 Å². The molecule has 18 heavy (non-hydrogen) atoms. The average Bonchev–Trinajstić information content (AvgIpc) is 2.26. The second kappa shape index (κ2) is 6.69. The molecule has 100 valence electrons. The molecular weight excluding hydrogens is 224 g/mol. The van der Waals surface area contributed by atoms with E-state index in [9.17, 15) is 4.79 Å². The Morgan fingerprint density at radius 3 is 2.17 bits per heavy atom. The van der Waals surface area contributed by atoms with E-state index in [4.69, 9.17) is 4.74 Å². The first-order chi connectivity index (χ1) is 8.51. The van der Waals surface area contributed by atoms with Gasteiger partial charge >= 0.3 is 0 Å². The first kappa shape index (κ1) is 14.9. The monoisotopic (exact) mass is 248 g/mol. The molecule has 2 nitrogen and oxygen atoms in total. The molecule has 0 saturated carbocycles. The number of ketones is 1. The normalized spacial score (nSPS) is 12.5. The largest absolute Gasteiger partial charge is 0.366 e. The fourth-order valence-electron chi connectivity index (χ4n) is 2.49. The summed E-state index contributed by atoms with van der Waals surface area (Å²) in [4.78, 5) is 12.2. The van der Waals surface area contributed by atoms with Crippen molar-refractivity contribution in [3.05, 3.63) is 34.4 Å². The number of rotatable bonds is 6. The Balaban J connectivity index is 3.17. The lowest BCUT2D eigenvalue weighted by atomic mass is 9.92. The van der Waals surface area contributed by atoms with Crippen molar-refractivity contribution in [1.29, 1.82) is 0 Å². The minimum Gasteiger partial charge on any atom is -0.366 e. The van der Waals surface area contributed by atoms with Crippen LogP contribution in [0.5, 0.6) is 0 Å². The number of Topliss-reactive ketones (excluding diaryl/α,β-unsaturated/α-hetero) is 1. The molecule has 0 radical (unpaired) electrons. The summed E-state index contributed by atoms with van der Waals surface area (Å²) in [5, 5.41) is 0. The van der Waals surface area contributed by atoms with E-state index >= 15 is 0 Å². The molecule has 1 aromatic rings. The van der Waals surface area contributed by atoms with Crippen molar-refractivity contribution in [3.63, 3.8) is 0 Å². The van der Waals surface area contributed by atoms with E-state index in [1.54, 1.807) is 0 Å². The van der Waals surface area contributed by atoms with Crippen molar-refractivity contribution in [3.8, 4) is 0 Å². The van der Waals surface area contributed by atoms with Crippen LogP contribution in [0.25, 0.3) is 0 Å². The van der Waals surface area contributed by atoms with Crippen LogP contribution >= 0.6 is 0 Å². The Labute approximate surface area is 110 Å². The quantitative estimate of drug-likeness (QED) is 0.759. The first-order valence-corrected chi connectivity index (χ1v) is 6.73. The summed E-state index contributed by atoms with van der Waals surface area (Å²) in [7, 11) is 0. The molecule has 0 aliphatic carbocycles. The molecule has 1 rings (SSSR count). The highest BCUT2D eigenvalue weighted by atomic mass is 16.5. The zero-order chi connectivity index (χ0) is 13.7. The van der Waals surface area contributed by atoms with Crippen molar-refractivity contribution in [2.45, 2.75) is 53.6 Å². The lowest BCUT2D eigenvalue weighted by molar-refractivity contribution is -0.130. The van der Waals surface area contributed by atoms with Gasteiger partial charge in [0.05, 0.1) is 0 Å². The van der Waals surface area contributed by atoms with Gasteiger partial charge in [-0.15, -0.1) is 0 Å². The molecule has 0 heterocycles. The summed E-state index contributed by atoms with van der Waals surface area (Å²) in [6.45, 7) is 10.7. The van der Waals surface area contributed by atoms with Crippen molar-refractivity contribution >= 4 is 5.78 Å². The van der Waals surface area contributed by atoms with E-state index in [-0.39, 0.29) is 5.78 Å². The van der Waals surface area contributed by atoms with Gasteiger partial charge in [-0.25, -0.2) is 0 Å². The Morgan fingerprint density at radius 1 is 1.17 bits per heavy atom. The third-order valence-electron chi connectivity index (χ3n) is 3.12. The Kier molecular flexibility index (Phi) is 5.54. The SMILES string of the molecule is CCCC(=O)C(OCC)c1c(C)cc(C)cc1C. The summed E-state index contributed by atoms with van der Waals surface area (Å²) in [6.07, 6.45) is 1.06. The van der Waals surface area contributed by atoms with Crippen molar-refractivity contribution in [2.24, 2.45) is 0 Å². The van der Waals surface area contributed by atoms with Gasteiger partial charge in [0.1, 0.15) is 6.10 Å². The summed E-state index contributed by atoms with van der Waals surface area (Å²) in [5.41, 5.74) is 4.58. The van der Waals surface area contributed by atoms with Crippen LogP contribution in [0.4, 0.5) is 0 Å². The molecule has 0 bridgehead atoms. The Hall–Kier alpha value is -1.15. The highest BCUT2D eigenvalue weighted by Gasteiger charge is 2.23. The van der Waals surface area contributed by atoms with E-state index in [0.29, 0.717) is 13.0 Å². The van der Waals surface area contributed by atoms with Crippen LogP contribution in [0.15, 0.2) is 12.1 Å². The van der Waals surface area contributed by atoms with Gasteiger partial charge in [0.25, 0.3) is 0 Å². The highest BCUT2D eigenvalue weighted by Crippen LogP contribution is 2.28. The summed E-state index contributed by atoms with van der Waals surface area (Å²) in [5.74, 6) is 0.189. The van der Waals surface area contributed by atoms with Gasteiger partial charge < -0.3 is 4.74 Å².